The number of hydrogen-bond donors (Lipinski definition) is 1. The highest BCUT2D eigenvalue weighted by atomic mass is 35.5. The molecule has 2 fully saturated rings. The van der Waals surface area contributed by atoms with Gasteiger partial charge < -0.3 is 15.4 Å². The lowest BCUT2D eigenvalue weighted by Crippen LogP contribution is -2.57. The predicted octanol–water partition coefficient (Wildman–Crippen LogP) is 2.30. The number of fused-ring (bicyclic) bond motifs is 2. The standard InChI is InChI=1S/C15H22ClN5O2/c1-15(2,3)23-14(22)21-9-4-5-10(21)8-20(7-9)11-6-12(16)18-19-13(11)17/h6,9-10H,4-5,7-8H2,1-3H3,(H2,17,19)/t9-,10+. The van der Waals surface area contributed by atoms with Gasteiger partial charge in [0.1, 0.15) is 5.60 Å². The molecule has 0 radical (unpaired) electrons. The number of aromatic nitrogens is 2. The van der Waals surface area contributed by atoms with Crippen molar-refractivity contribution in [3.05, 3.63) is 11.2 Å². The number of nitrogens with zero attached hydrogens (tertiary/aromatic N) is 4. The second kappa shape index (κ2) is 5.70. The van der Waals surface area contributed by atoms with Crippen LogP contribution >= 0.6 is 11.6 Å². The lowest BCUT2D eigenvalue weighted by Gasteiger charge is -2.42. The minimum Gasteiger partial charge on any atom is -0.444 e. The Morgan fingerprint density at radius 2 is 1.91 bits per heavy atom. The molecule has 23 heavy (non-hydrogen) atoms. The highest BCUT2D eigenvalue weighted by Gasteiger charge is 2.44. The van der Waals surface area contributed by atoms with Gasteiger partial charge in [-0.3, -0.25) is 4.90 Å². The number of carbonyl (C=O) groups is 1. The molecule has 0 unspecified atom stereocenters. The average Bonchev–Trinajstić information content (AvgIpc) is 2.71. The Morgan fingerprint density at radius 1 is 1.30 bits per heavy atom. The van der Waals surface area contributed by atoms with E-state index in [1.165, 1.54) is 0 Å². The molecule has 0 aromatic carbocycles. The number of halogens is 1. The molecule has 0 saturated carbocycles. The largest absolute Gasteiger partial charge is 0.444 e. The molecule has 1 aromatic heterocycles. The van der Waals surface area contributed by atoms with Crippen LogP contribution in [0.3, 0.4) is 0 Å². The van der Waals surface area contributed by atoms with E-state index in [9.17, 15) is 4.79 Å². The van der Waals surface area contributed by atoms with Gasteiger partial charge in [-0.15, -0.1) is 10.2 Å². The summed E-state index contributed by atoms with van der Waals surface area (Å²) in [4.78, 5) is 16.5. The Hall–Kier alpha value is -1.76. The third-order valence-corrected chi connectivity index (χ3v) is 4.38. The molecule has 2 aliphatic heterocycles. The Kier molecular flexibility index (Phi) is 4.00. The van der Waals surface area contributed by atoms with Crippen LogP contribution < -0.4 is 10.6 Å². The maximum Gasteiger partial charge on any atom is 0.410 e. The maximum atomic E-state index is 12.5. The molecule has 2 saturated heterocycles. The molecular formula is C15H22ClN5O2. The summed E-state index contributed by atoms with van der Waals surface area (Å²) in [7, 11) is 0. The number of hydrogen-bond acceptors (Lipinski definition) is 6. The van der Waals surface area contributed by atoms with Gasteiger partial charge in [-0.1, -0.05) is 11.6 Å². The summed E-state index contributed by atoms with van der Waals surface area (Å²) in [6.07, 6.45) is 1.70. The highest BCUT2D eigenvalue weighted by Crippen LogP contribution is 2.35. The number of nitrogen functional groups attached to an aromatic ring is 1. The first-order chi connectivity index (χ1) is 10.7. The Morgan fingerprint density at radius 3 is 2.48 bits per heavy atom. The van der Waals surface area contributed by atoms with Crippen molar-refractivity contribution in [3.8, 4) is 0 Å². The van der Waals surface area contributed by atoms with E-state index >= 15 is 0 Å². The lowest BCUT2D eigenvalue weighted by atomic mass is 10.1. The molecule has 3 rings (SSSR count). The van der Waals surface area contributed by atoms with Crippen LogP contribution in [0.25, 0.3) is 0 Å². The van der Waals surface area contributed by atoms with Crippen molar-refractivity contribution in [2.75, 3.05) is 23.7 Å². The molecule has 3 heterocycles. The molecule has 1 amide bonds. The third-order valence-electron chi connectivity index (χ3n) is 4.20. The van der Waals surface area contributed by atoms with Gasteiger partial charge in [0.05, 0.1) is 17.8 Å². The summed E-state index contributed by atoms with van der Waals surface area (Å²) in [6.45, 7) is 7.04. The zero-order valence-electron chi connectivity index (χ0n) is 13.6. The molecule has 7 nitrogen and oxygen atoms in total. The summed E-state index contributed by atoms with van der Waals surface area (Å²) in [5.74, 6) is 0.361. The zero-order chi connectivity index (χ0) is 16.8. The van der Waals surface area contributed by atoms with Crippen molar-refractivity contribution in [1.82, 2.24) is 15.1 Å². The van der Waals surface area contributed by atoms with E-state index in [-0.39, 0.29) is 18.2 Å². The highest BCUT2D eigenvalue weighted by molar-refractivity contribution is 6.29. The summed E-state index contributed by atoms with van der Waals surface area (Å²) >= 11 is 5.94. The van der Waals surface area contributed by atoms with E-state index in [1.807, 2.05) is 25.7 Å². The monoisotopic (exact) mass is 339 g/mol. The number of rotatable bonds is 1. The molecule has 2 aliphatic rings. The van der Waals surface area contributed by atoms with Crippen LogP contribution in [0.2, 0.25) is 5.15 Å². The van der Waals surface area contributed by atoms with Crippen LogP contribution in [0, 0.1) is 0 Å². The van der Waals surface area contributed by atoms with Gasteiger partial charge >= 0.3 is 6.09 Å². The van der Waals surface area contributed by atoms with E-state index in [0.29, 0.717) is 24.1 Å². The first kappa shape index (κ1) is 16.1. The van der Waals surface area contributed by atoms with Gasteiger partial charge in [-0.2, -0.15) is 0 Å². The van der Waals surface area contributed by atoms with Gasteiger partial charge in [0.15, 0.2) is 11.0 Å². The van der Waals surface area contributed by atoms with Crippen LogP contribution in [0.5, 0.6) is 0 Å². The van der Waals surface area contributed by atoms with Gasteiger partial charge in [0.2, 0.25) is 0 Å². The van der Waals surface area contributed by atoms with Crippen LogP contribution in [-0.2, 0) is 4.74 Å². The summed E-state index contributed by atoms with van der Waals surface area (Å²) < 4.78 is 5.54. The van der Waals surface area contributed by atoms with E-state index in [1.54, 1.807) is 6.07 Å². The van der Waals surface area contributed by atoms with Crippen LogP contribution in [0.1, 0.15) is 33.6 Å². The number of nitrogens with two attached hydrogens (primary N) is 1. The van der Waals surface area contributed by atoms with E-state index in [2.05, 4.69) is 15.1 Å². The topological polar surface area (TPSA) is 84.6 Å². The van der Waals surface area contributed by atoms with Crippen molar-refractivity contribution in [2.45, 2.75) is 51.3 Å². The first-order valence-corrected chi connectivity index (χ1v) is 8.17. The van der Waals surface area contributed by atoms with Crippen LogP contribution in [-0.4, -0.2) is 52.0 Å². The fourth-order valence-electron chi connectivity index (χ4n) is 3.33. The number of ether oxygens (including phenoxy) is 1. The van der Waals surface area contributed by atoms with Crippen molar-refractivity contribution in [1.29, 1.82) is 0 Å². The number of piperazine rings is 1. The smallest absolute Gasteiger partial charge is 0.410 e. The van der Waals surface area contributed by atoms with E-state index in [4.69, 9.17) is 22.1 Å². The Labute approximate surface area is 140 Å². The van der Waals surface area contributed by atoms with Crippen molar-refractivity contribution in [3.63, 3.8) is 0 Å². The molecular weight excluding hydrogens is 318 g/mol. The first-order valence-electron chi connectivity index (χ1n) is 7.79. The summed E-state index contributed by atoms with van der Waals surface area (Å²) in [5, 5.41) is 7.94. The predicted molar refractivity (Wildman–Crippen MR) is 88.6 cm³/mol. The zero-order valence-corrected chi connectivity index (χ0v) is 14.4. The van der Waals surface area contributed by atoms with E-state index < -0.39 is 5.60 Å². The lowest BCUT2D eigenvalue weighted by molar-refractivity contribution is 0.0123. The molecule has 8 heteroatoms. The normalized spacial score (nSPS) is 24.0. The molecule has 0 spiro atoms. The van der Waals surface area contributed by atoms with Gasteiger partial charge in [-0.05, 0) is 33.6 Å². The number of amides is 1. The van der Waals surface area contributed by atoms with Gasteiger partial charge in [0, 0.05) is 19.2 Å². The molecule has 126 valence electrons. The Balaban J connectivity index is 1.77. The van der Waals surface area contributed by atoms with Gasteiger partial charge in [0.25, 0.3) is 0 Å². The van der Waals surface area contributed by atoms with E-state index in [0.717, 1.165) is 18.5 Å². The molecule has 0 aliphatic carbocycles. The average molecular weight is 340 g/mol. The fourth-order valence-corrected chi connectivity index (χ4v) is 3.48. The molecule has 2 atom stereocenters. The van der Waals surface area contributed by atoms with Crippen LogP contribution in [0.15, 0.2) is 6.07 Å². The number of carbonyl (C=O) groups excluding carboxylic acids is 1. The van der Waals surface area contributed by atoms with Crippen LogP contribution in [0.4, 0.5) is 16.3 Å². The summed E-state index contributed by atoms with van der Waals surface area (Å²) in [5.41, 5.74) is 6.23. The minimum atomic E-state index is -0.485. The van der Waals surface area contributed by atoms with Crippen molar-refractivity contribution in [2.24, 2.45) is 0 Å². The Bertz CT molecular complexity index is 604. The minimum absolute atomic E-state index is 0.120. The maximum absolute atomic E-state index is 12.5. The quantitative estimate of drug-likeness (QED) is 0.845. The summed E-state index contributed by atoms with van der Waals surface area (Å²) in [6, 6.07) is 1.97. The second-order valence-corrected chi connectivity index (χ2v) is 7.50. The second-order valence-electron chi connectivity index (χ2n) is 7.12. The molecule has 2 N–H and O–H groups in total. The third kappa shape index (κ3) is 3.29. The SMILES string of the molecule is CC(C)(C)OC(=O)N1[C@@H]2CC[C@H]1CN(c1cc(Cl)nnc1N)C2. The molecule has 2 bridgehead atoms. The van der Waals surface area contributed by atoms with Crippen molar-refractivity contribution >= 4 is 29.2 Å². The fraction of sp³-hybridized carbons (Fsp3) is 0.667. The van der Waals surface area contributed by atoms with Gasteiger partial charge in [-0.25, -0.2) is 4.79 Å². The number of anilines is 2. The molecule has 1 aromatic rings. The van der Waals surface area contributed by atoms with Crippen molar-refractivity contribution < 1.29 is 9.53 Å².